The third-order valence-corrected chi connectivity index (χ3v) is 2.40. The Morgan fingerprint density at radius 2 is 2.00 bits per heavy atom. The van der Waals surface area contributed by atoms with Crippen molar-refractivity contribution in [2.24, 2.45) is 5.73 Å². The van der Waals surface area contributed by atoms with E-state index in [2.05, 4.69) is 5.32 Å². The molecular formula is C11H14Cl2N2O2. The van der Waals surface area contributed by atoms with Gasteiger partial charge in [0.25, 0.3) is 5.91 Å². The first-order chi connectivity index (χ1) is 8.01. The number of carbonyl (C=O) groups excluding carboxylic acids is 1. The van der Waals surface area contributed by atoms with Crippen LogP contribution in [-0.4, -0.2) is 25.1 Å². The zero-order valence-electron chi connectivity index (χ0n) is 9.37. The van der Waals surface area contributed by atoms with Crippen molar-refractivity contribution in [3.05, 3.63) is 28.2 Å². The second kappa shape index (κ2) is 6.69. The van der Waals surface area contributed by atoms with Crippen LogP contribution in [-0.2, 0) is 4.79 Å². The lowest BCUT2D eigenvalue weighted by Gasteiger charge is -2.12. The summed E-state index contributed by atoms with van der Waals surface area (Å²) >= 11 is 11.6. The largest absolute Gasteiger partial charge is 0.484 e. The summed E-state index contributed by atoms with van der Waals surface area (Å²) in [5.41, 5.74) is 5.38. The molecule has 0 bridgehead atoms. The van der Waals surface area contributed by atoms with Crippen LogP contribution in [0.5, 0.6) is 5.75 Å². The first-order valence-electron chi connectivity index (χ1n) is 5.09. The van der Waals surface area contributed by atoms with Gasteiger partial charge in [-0.3, -0.25) is 4.79 Å². The van der Waals surface area contributed by atoms with Crippen LogP contribution >= 0.6 is 23.2 Å². The van der Waals surface area contributed by atoms with Crippen LogP contribution in [0.25, 0.3) is 0 Å². The predicted octanol–water partition coefficient (Wildman–Crippen LogP) is 1.84. The Kier molecular flexibility index (Phi) is 5.55. The maximum absolute atomic E-state index is 11.4. The first kappa shape index (κ1) is 14.1. The van der Waals surface area contributed by atoms with Gasteiger partial charge < -0.3 is 15.8 Å². The number of benzene rings is 1. The van der Waals surface area contributed by atoms with Crippen LogP contribution < -0.4 is 15.8 Å². The number of rotatable bonds is 5. The Bertz CT molecular complexity index is 379. The highest BCUT2D eigenvalue weighted by Crippen LogP contribution is 2.23. The van der Waals surface area contributed by atoms with Crippen LogP contribution in [0, 0.1) is 0 Å². The van der Waals surface area contributed by atoms with Gasteiger partial charge in [0.05, 0.1) is 0 Å². The average molecular weight is 277 g/mol. The van der Waals surface area contributed by atoms with Gasteiger partial charge in [-0.1, -0.05) is 23.2 Å². The summed E-state index contributed by atoms with van der Waals surface area (Å²) < 4.78 is 5.25. The molecule has 1 aromatic rings. The van der Waals surface area contributed by atoms with E-state index in [9.17, 15) is 4.79 Å². The van der Waals surface area contributed by atoms with E-state index in [1.165, 1.54) is 0 Å². The van der Waals surface area contributed by atoms with Crippen LogP contribution in [0.2, 0.25) is 10.0 Å². The predicted molar refractivity (Wildman–Crippen MR) is 68.6 cm³/mol. The molecule has 1 amide bonds. The highest BCUT2D eigenvalue weighted by molar-refractivity contribution is 6.34. The Labute approximate surface area is 110 Å². The highest BCUT2D eigenvalue weighted by Gasteiger charge is 2.07. The number of amides is 1. The molecule has 0 saturated heterocycles. The van der Waals surface area contributed by atoms with Crippen molar-refractivity contribution in [1.29, 1.82) is 0 Å². The van der Waals surface area contributed by atoms with Crippen LogP contribution in [0.1, 0.15) is 6.92 Å². The fourth-order valence-corrected chi connectivity index (χ4v) is 1.64. The minimum Gasteiger partial charge on any atom is -0.484 e. The van der Waals surface area contributed by atoms with Crippen molar-refractivity contribution < 1.29 is 9.53 Å². The van der Waals surface area contributed by atoms with E-state index in [1.807, 2.05) is 6.92 Å². The van der Waals surface area contributed by atoms with E-state index in [4.69, 9.17) is 33.7 Å². The molecule has 0 heterocycles. The van der Waals surface area contributed by atoms with Crippen LogP contribution in [0.4, 0.5) is 0 Å². The second-order valence-corrected chi connectivity index (χ2v) is 4.47. The van der Waals surface area contributed by atoms with Gasteiger partial charge in [-0.2, -0.15) is 0 Å². The fourth-order valence-electron chi connectivity index (χ4n) is 1.14. The van der Waals surface area contributed by atoms with Gasteiger partial charge >= 0.3 is 0 Å². The molecule has 3 N–H and O–H groups in total. The molecule has 1 atom stereocenters. The van der Waals surface area contributed by atoms with E-state index in [0.29, 0.717) is 22.3 Å². The molecular weight excluding hydrogens is 263 g/mol. The summed E-state index contributed by atoms with van der Waals surface area (Å²) in [5.74, 6) is 0.220. The van der Waals surface area contributed by atoms with Crippen molar-refractivity contribution in [2.75, 3.05) is 13.2 Å². The van der Waals surface area contributed by atoms with Gasteiger partial charge in [0.15, 0.2) is 6.61 Å². The molecule has 4 nitrogen and oxygen atoms in total. The fraction of sp³-hybridized carbons (Fsp3) is 0.364. The Morgan fingerprint density at radius 1 is 1.41 bits per heavy atom. The first-order valence-corrected chi connectivity index (χ1v) is 5.85. The minimum absolute atomic E-state index is 0.0750. The van der Waals surface area contributed by atoms with Crippen molar-refractivity contribution in [3.63, 3.8) is 0 Å². The van der Waals surface area contributed by atoms with Gasteiger partial charge in [-0.15, -0.1) is 0 Å². The quantitative estimate of drug-likeness (QED) is 0.863. The summed E-state index contributed by atoms with van der Waals surface area (Å²) in [7, 11) is 0. The molecule has 0 spiro atoms. The Balaban J connectivity index is 2.47. The molecule has 1 rings (SSSR count). The Morgan fingerprint density at radius 3 is 2.53 bits per heavy atom. The summed E-state index contributed by atoms with van der Waals surface area (Å²) in [4.78, 5) is 11.4. The lowest BCUT2D eigenvalue weighted by Crippen LogP contribution is -2.40. The molecule has 0 saturated carbocycles. The number of ether oxygens (including phenoxy) is 1. The highest BCUT2D eigenvalue weighted by atomic mass is 35.5. The van der Waals surface area contributed by atoms with Crippen molar-refractivity contribution in [3.8, 4) is 5.75 Å². The molecule has 0 unspecified atom stereocenters. The standard InChI is InChI=1S/C11H14Cl2N2O2/c1-7(5-14)15-11(16)6-17-10-3-8(12)2-9(13)4-10/h2-4,7H,5-6,14H2,1H3,(H,15,16)/t7-/m0/s1. The monoisotopic (exact) mass is 276 g/mol. The van der Waals surface area contributed by atoms with Crippen molar-refractivity contribution >= 4 is 29.1 Å². The van der Waals surface area contributed by atoms with Crippen molar-refractivity contribution in [2.45, 2.75) is 13.0 Å². The summed E-state index contributed by atoms with van der Waals surface area (Å²) in [5, 5.41) is 3.60. The van der Waals surface area contributed by atoms with Gasteiger partial charge in [0, 0.05) is 22.6 Å². The summed E-state index contributed by atoms with van der Waals surface area (Å²) in [6, 6.07) is 4.70. The zero-order chi connectivity index (χ0) is 12.8. The normalized spacial score (nSPS) is 12.0. The van der Waals surface area contributed by atoms with Crippen LogP contribution in [0.3, 0.4) is 0 Å². The molecule has 6 heteroatoms. The number of carbonyl (C=O) groups is 1. The number of hydrogen-bond acceptors (Lipinski definition) is 3. The molecule has 0 aliphatic carbocycles. The third-order valence-electron chi connectivity index (χ3n) is 1.97. The summed E-state index contributed by atoms with van der Waals surface area (Å²) in [6.45, 7) is 2.10. The third kappa shape index (κ3) is 5.26. The van der Waals surface area contributed by atoms with Crippen LogP contribution in [0.15, 0.2) is 18.2 Å². The molecule has 17 heavy (non-hydrogen) atoms. The van der Waals surface area contributed by atoms with E-state index in [1.54, 1.807) is 18.2 Å². The summed E-state index contributed by atoms with van der Waals surface area (Å²) in [6.07, 6.45) is 0. The van der Waals surface area contributed by atoms with E-state index < -0.39 is 0 Å². The zero-order valence-corrected chi connectivity index (χ0v) is 10.9. The molecule has 0 radical (unpaired) electrons. The molecule has 0 aliphatic rings. The lowest BCUT2D eigenvalue weighted by molar-refractivity contribution is -0.123. The average Bonchev–Trinajstić information content (AvgIpc) is 2.25. The number of hydrogen-bond donors (Lipinski definition) is 2. The van der Waals surface area contributed by atoms with Gasteiger partial charge in [0.1, 0.15) is 5.75 Å². The molecule has 0 fully saturated rings. The van der Waals surface area contributed by atoms with Gasteiger partial charge in [0.2, 0.25) is 0 Å². The molecule has 0 aromatic heterocycles. The number of nitrogens with one attached hydrogen (secondary N) is 1. The lowest BCUT2D eigenvalue weighted by atomic mass is 10.3. The van der Waals surface area contributed by atoms with Gasteiger partial charge in [-0.05, 0) is 25.1 Å². The number of nitrogens with two attached hydrogens (primary N) is 1. The van der Waals surface area contributed by atoms with Gasteiger partial charge in [-0.25, -0.2) is 0 Å². The SMILES string of the molecule is C[C@@H](CN)NC(=O)COc1cc(Cl)cc(Cl)c1. The van der Waals surface area contributed by atoms with E-state index in [0.717, 1.165) is 0 Å². The molecule has 1 aromatic carbocycles. The molecule has 0 aliphatic heterocycles. The number of halogens is 2. The van der Waals surface area contributed by atoms with E-state index >= 15 is 0 Å². The smallest absolute Gasteiger partial charge is 0.258 e. The Hall–Kier alpha value is -0.970. The maximum atomic E-state index is 11.4. The maximum Gasteiger partial charge on any atom is 0.258 e. The molecule has 94 valence electrons. The topological polar surface area (TPSA) is 64.3 Å². The minimum atomic E-state index is -0.237. The van der Waals surface area contributed by atoms with Crippen molar-refractivity contribution in [1.82, 2.24) is 5.32 Å². The second-order valence-electron chi connectivity index (χ2n) is 3.60. The van der Waals surface area contributed by atoms with E-state index in [-0.39, 0.29) is 18.6 Å².